The van der Waals surface area contributed by atoms with Crippen LogP contribution in [0.3, 0.4) is 0 Å². The van der Waals surface area contributed by atoms with E-state index < -0.39 is 0 Å². The average molecular weight is 329 g/mol. The van der Waals surface area contributed by atoms with Gasteiger partial charge in [0.1, 0.15) is 17.4 Å². The molecule has 1 atom stereocenters. The number of benzene rings is 1. The van der Waals surface area contributed by atoms with Crippen LogP contribution in [0.25, 0.3) is 11.0 Å². The average Bonchev–Trinajstić information content (AvgIpc) is 2.48. The lowest BCUT2D eigenvalue weighted by Gasteiger charge is -2.15. The van der Waals surface area contributed by atoms with Crippen LogP contribution in [0.4, 0.5) is 0 Å². The van der Waals surface area contributed by atoms with Gasteiger partial charge >= 0.3 is 0 Å². The second-order valence-corrected chi connectivity index (χ2v) is 5.42. The van der Waals surface area contributed by atoms with Crippen molar-refractivity contribution in [3.05, 3.63) is 64.9 Å². The zero-order chi connectivity index (χ0) is 13.9. The molecular weight excluding hydrogens is 316 g/mol. The van der Waals surface area contributed by atoms with Gasteiger partial charge in [-0.2, -0.15) is 0 Å². The summed E-state index contributed by atoms with van der Waals surface area (Å²) in [7, 11) is 0. The van der Waals surface area contributed by atoms with E-state index in [-0.39, 0.29) is 6.10 Å². The molecule has 0 fully saturated rings. The molecular formula is C16H13BrN2O. The van der Waals surface area contributed by atoms with E-state index in [1.165, 1.54) is 0 Å². The third-order valence-electron chi connectivity index (χ3n) is 3.08. The lowest BCUT2D eigenvalue weighted by molar-refractivity contribution is 0.229. The van der Waals surface area contributed by atoms with Crippen molar-refractivity contribution in [1.82, 2.24) is 9.97 Å². The van der Waals surface area contributed by atoms with Gasteiger partial charge in [0.25, 0.3) is 0 Å². The lowest BCUT2D eigenvalue weighted by Crippen LogP contribution is -2.03. The van der Waals surface area contributed by atoms with Crippen molar-refractivity contribution < 1.29 is 4.74 Å². The predicted octanol–water partition coefficient (Wildman–Crippen LogP) is 4.53. The van der Waals surface area contributed by atoms with Gasteiger partial charge in [-0.1, -0.05) is 30.3 Å². The summed E-state index contributed by atoms with van der Waals surface area (Å²) in [5.41, 5.74) is 2.73. The first-order chi connectivity index (χ1) is 9.74. The zero-order valence-electron chi connectivity index (χ0n) is 11.0. The molecule has 0 bridgehead atoms. The largest absolute Gasteiger partial charge is 0.484 e. The second kappa shape index (κ2) is 5.59. The van der Waals surface area contributed by atoms with Crippen LogP contribution in [0.5, 0.6) is 5.75 Å². The Bertz CT molecular complexity index is 731. The van der Waals surface area contributed by atoms with E-state index in [0.29, 0.717) is 0 Å². The van der Waals surface area contributed by atoms with E-state index >= 15 is 0 Å². The van der Waals surface area contributed by atoms with Gasteiger partial charge in [0.2, 0.25) is 0 Å². The fraction of sp³-hybridized carbons (Fsp3) is 0.125. The van der Waals surface area contributed by atoms with E-state index in [0.717, 1.165) is 26.8 Å². The summed E-state index contributed by atoms with van der Waals surface area (Å²) in [5, 5.41) is 0. The Morgan fingerprint density at radius 1 is 1.10 bits per heavy atom. The van der Waals surface area contributed by atoms with Crippen LogP contribution in [0.1, 0.15) is 18.6 Å². The molecule has 0 saturated carbocycles. The summed E-state index contributed by atoms with van der Waals surface area (Å²) in [6, 6.07) is 13.9. The smallest absolute Gasteiger partial charge is 0.149 e. The number of aromatic nitrogens is 2. The fourth-order valence-electron chi connectivity index (χ4n) is 2.06. The fourth-order valence-corrected chi connectivity index (χ4v) is 2.38. The van der Waals surface area contributed by atoms with Gasteiger partial charge in [-0.05, 0) is 34.5 Å². The summed E-state index contributed by atoms with van der Waals surface area (Å²) < 4.78 is 6.94. The van der Waals surface area contributed by atoms with Crippen LogP contribution in [0, 0.1) is 0 Å². The van der Waals surface area contributed by atoms with Crippen LogP contribution in [-0.2, 0) is 0 Å². The Labute approximate surface area is 125 Å². The molecule has 2 aromatic heterocycles. The van der Waals surface area contributed by atoms with Gasteiger partial charge in [0.05, 0.1) is 5.52 Å². The maximum atomic E-state index is 6.04. The van der Waals surface area contributed by atoms with Crippen LogP contribution in [0.15, 0.2) is 59.3 Å². The van der Waals surface area contributed by atoms with Crippen molar-refractivity contribution in [2.75, 3.05) is 0 Å². The van der Waals surface area contributed by atoms with E-state index in [2.05, 4.69) is 38.0 Å². The van der Waals surface area contributed by atoms with Crippen molar-refractivity contribution in [3.8, 4) is 5.75 Å². The molecule has 0 aliphatic carbocycles. The van der Waals surface area contributed by atoms with Gasteiger partial charge in [-0.25, -0.2) is 4.98 Å². The van der Waals surface area contributed by atoms with E-state index in [4.69, 9.17) is 4.74 Å². The standard InChI is InChI=1S/C16H13BrN2O/c1-11(12-5-3-2-4-6-12)20-15-7-8-18-14-9-13(17)10-19-16(14)15/h2-11H,1H3. The first-order valence-corrected chi connectivity index (χ1v) is 7.15. The van der Waals surface area contributed by atoms with E-state index in [1.807, 2.05) is 37.3 Å². The molecule has 0 radical (unpaired) electrons. The number of halogens is 1. The number of hydrogen-bond acceptors (Lipinski definition) is 3. The number of rotatable bonds is 3. The molecule has 0 saturated heterocycles. The van der Waals surface area contributed by atoms with Crippen molar-refractivity contribution >= 4 is 27.0 Å². The predicted molar refractivity (Wildman–Crippen MR) is 82.7 cm³/mol. The minimum atomic E-state index is -0.0350. The van der Waals surface area contributed by atoms with Crippen LogP contribution in [-0.4, -0.2) is 9.97 Å². The minimum absolute atomic E-state index is 0.0350. The second-order valence-electron chi connectivity index (χ2n) is 4.50. The Kier molecular flexibility index (Phi) is 3.65. The molecule has 3 rings (SSSR count). The zero-order valence-corrected chi connectivity index (χ0v) is 12.5. The molecule has 20 heavy (non-hydrogen) atoms. The summed E-state index contributed by atoms with van der Waals surface area (Å²) >= 11 is 3.40. The Balaban J connectivity index is 1.95. The van der Waals surface area contributed by atoms with E-state index in [9.17, 15) is 0 Å². The van der Waals surface area contributed by atoms with Crippen molar-refractivity contribution in [2.45, 2.75) is 13.0 Å². The maximum Gasteiger partial charge on any atom is 0.149 e. The highest BCUT2D eigenvalue weighted by molar-refractivity contribution is 9.10. The number of pyridine rings is 2. The number of fused-ring (bicyclic) bond motifs is 1. The SMILES string of the molecule is CC(Oc1ccnc2cc(Br)cnc12)c1ccccc1. The van der Waals surface area contributed by atoms with Gasteiger partial charge in [0, 0.05) is 22.9 Å². The molecule has 4 heteroatoms. The molecule has 0 N–H and O–H groups in total. The highest BCUT2D eigenvalue weighted by atomic mass is 79.9. The van der Waals surface area contributed by atoms with Gasteiger partial charge in [-0.15, -0.1) is 0 Å². The van der Waals surface area contributed by atoms with Gasteiger partial charge in [-0.3, -0.25) is 4.98 Å². The Morgan fingerprint density at radius 2 is 1.90 bits per heavy atom. The van der Waals surface area contributed by atoms with Crippen LogP contribution in [0.2, 0.25) is 0 Å². The lowest BCUT2D eigenvalue weighted by atomic mass is 10.1. The summed E-state index contributed by atoms with van der Waals surface area (Å²) in [6.07, 6.45) is 3.46. The molecule has 3 aromatic rings. The molecule has 0 amide bonds. The molecule has 3 nitrogen and oxygen atoms in total. The summed E-state index contributed by atoms with van der Waals surface area (Å²) in [6.45, 7) is 2.03. The highest BCUT2D eigenvalue weighted by Gasteiger charge is 2.10. The van der Waals surface area contributed by atoms with E-state index in [1.54, 1.807) is 12.4 Å². The maximum absolute atomic E-state index is 6.04. The minimum Gasteiger partial charge on any atom is -0.484 e. The van der Waals surface area contributed by atoms with Crippen molar-refractivity contribution in [3.63, 3.8) is 0 Å². The third kappa shape index (κ3) is 2.65. The van der Waals surface area contributed by atoms with Crippen molar-refractivity contribution in [1.29, 1.82) is 0 Å². The molecule has 1 unspecified atom stereocenters. The highest BCUT2D eigenvalue weighted by Crippen LogP contribution is 2.28. The molecule has 0 spiro atoms. The molecule has 1 aromatic carbocycles. The van der Waals surface area contributed by atoms with Gasteiger partial charge < -0.3 is 4.74 Å². The summed E-state index contributed by atoms with van der Waals surface area (Å²) in [5.74, 6) is 0.749. The monoisotopic (exact) mass is 328 g/mol. The molecule has 0 aliphatic heterocycles. The topological polar surface area (TPSA) is 35.0 Å². The van der Waals surface area contributed by atoms with Crippen molar-refractivity contribution in [2.24, 2.45) is 0 Å². The quantitative estimate of drug-likeness (QED) is 0.708. The molecule has 0 aliphatic rings. The molecule has 2 heterocycles. The normalized spacial score (nSPS) is 12.3. The van der Waals surface area contributed by atoms with Crippen LogP contribution < -0.4 is 4.74 Å². The van der Waals surface area contributed by atoms with Gasteiger partial charge in [0.15, 0.2) is 0 Å². The molecule has 100 valence electrons. The Hall–Kier alpha value is -1.94. The van der Waals surface area contributed by atoms with Crippen LogP contribution >= 0.6 is 15.9 Å². The summed E-state index contributed by atoms with van der Waals surface area (Å²) in [4.78, 5) is 8.70. The first kappa shape index (κ1) is 13.1. The number of ether oxygens (including phenoxy) is 1. The number of nitrogens with zero attached hydrogens (tertiary/aromatic N) is 2. The Morgan fingerprint density at radius 3 is 2.70 bits per heavy atom. The first-order valence-electron chi connectivity index (χ1n) is 6.36. The number of hydrogen-bond donors (Lipinski definition) is 0. The third-order valence-corrected chi connectivity index (χ3v) is 3.51.